The number of pyridine rings is 2. The molecule has 0 saturated carbocycles. The molecule has 11 heteroatoms. The van der Waals surface area contributed by atoms with Crippen LogP contribution in [0.15, 0.2) is 43.0 Å². The van der Waals surface area contributed by atoms with Gasteiger partial charge in [-0.3, -0.25) is 20.0 Å². The summed E-state index contributed by atoms with van der Waals surface area (Å²) >= 11 is 7.57. The highest BCUT2D eigenvalue weighted by Crippen LogP contribution is 2.34. The standard InChI is InChI=1S/C22H18ClN7O2S/c1-12-8-13(2)18(25-10-12)14-9-17(24-11-15(14)23)29-7-4-16-19(20(29)31)33-21(27-16)28-22(32)30-6-3-5-26-30/h3,5-6,8-11H,4,7H2,1-2H3,(H,27,28,32). The number of aromatic nitrogens is 5. The van der Waals surface area contributed by atoms with Crippen LogP contribution in [-0.4, -0.2) is 43.2 Å². The van der Waals surface area contributed by atoms with E-state index in [9.17, 15) is 9.59 Å². The van der Waals surface area contributed by atoms with Crippen LogP contribution >= 0.6 is 22.9 Å². The zero-order chi connectivity index (χ0) is 23.1. The van der Waals surface area contributed by atoms with Crippen LogP contribution in [0.1, 0.15) is 26.5 Å². The number of thiazole rings is 1. The van der Waals surface area contributed by atoms with Crippen LogP contribution in [0.2, 0.25) is 5.02 Å². The lowest BCUT2D eigenvalue weighted by molar-refractivity contribution is 0.0983. The van der Waals surface area contributed by atoms with Gasteiger partial charge in [-0.1, -0.05) is 29.0 Å². The Kier molecular flexibility index (Phi) is 5.39. The molecule has 0 spiro atoms. The quantitative estimate of drug-likeness (QED) is 0.468. The highest BCUT2D eigenvalue weighted by molar-refractivity contribution is 7.18. The van der Waals surface area contributed by atoms with Gasteiger partial charge in [-0.2, -0.15) is 9.78 Å². The first-order valence-electron chi connectivity index (χ1n) is 10.1. The van der Waals surface area contributed by atoms with Gasteiger partial charge in [-0.05, 0) is 37.1 Å². The summed E-state index contributed by atoms with van der Waals surface area (Å²) in [5, 5.41) is 7.39. The number of aryl methyl sites for hydroxylation is 2. The van der Waals surface area contributed by atoms with Crippen molar-refractivity contribution in [3.8, 4) is 11.3 Å². The van der Waals surface area contributed by atoms with Crippen molar-refractivity contribution in [3.63, 3.8) is 0 Å². The topological polar surface area (TPSA) is 106 Å². The number of nitrogens with one attached hydrogen (secondary N) is 1. The summed E-state index contributed by atoms with van der Waals surface area (Å²) in [4.78, 5) is 40.9. The van der Waals surface area contributed by atoms with Crippen molar-refractivity contribution in [3.05, 3.63) is 69.7 Å². The number of hydrogen-bond donors (Lipinski definition) is 1. The number of nitrogens with zero attached hydrogens (tertiary/aromatic N) is 6. The van der Waals surface area contributed by atoms with Crippen molar-refractivity contribution in [2.24, 2.45) is 0 Å². The van der Waals surface area contributed by atoms with Crippen molar-refractivity contribution in [1.82, 2.24) is 24.7 Å². The van der Waals surface area contributed by atoms with Gasteiger partial charge in [0.25, 0.3) is 5.91 Å². The molecule has 4 aromatic rings. The average molecular weight is 480 g/mol. The monoisotopic (exact) mass is 479 g/mol. The molecule has 0 fully saturated rings. The Morgan fingerprint density at radius 1 is 1.21 bits per heavy atom. The predicted octanol–water partition coefficient (Wildman–Crippen LogP) is 4.35. The molecule has 33 heavy (non-hydrogen) atoms. The van der Waals surface area contributed by atoms with Gasteiger partial charge in [-0.15, -0.1) is 0 Å². The SMILES string of the molecule is Cc1cnc(-c2cc(N3CCc4nc(NC(=O)n5cccn5)sc4C3=O)ncc2Cl)c(C)c1. The minimum atomic E-state index is -0.444. The van der Waals surface area contributed by atoms with Gasteiger partial charge < -0.3 is 0 Å². The van der Waals surface area contributed by atoms with E-state index in [1.165, 1.54) is 12.4 Å². The largest absolute Gasteiger partial charge is 0.348 e. The predicted molar refractivity (Wildman–Crippen MR) is 126 cm³/mol. The first kappa shape index (κ1) is 21.2. The molecular weight excluding hydrogens is 462 g/mol. The van der Waals surface area contributed by atoms with Crippen molar-refractivity contribution in [2.45, 2.75) is 20.3 Å². The highest BCUT2D eigenvalue weighted by atomic mass is 35.5. The summed E-state index contributed by atoms with van der Waals surface area (Å²) in [5.74, 6) is 0.269. The lowest BCUT2D eigenvalue weighted by Crippen LogP contribution is -2.37. The second-order valence-corrected chi connectivity index (χ2v) is 8.99. The zero-order valence-corrected chi connectivity index (χ0v) is 19.3. The Morgan fingerprint density at radius 3 is 2.82 bits per heavy atom. The van der Waals surface area contributed by atoms with Gasteiger partial charge in [0, 0.05) is 43.3 Å². The molecule has 1 N–H and O–H groups in total. The van der Waals surface area contributed by atoms with Crippen LogP contribution in [0.5, 0.6) is 0 Å². The Morgan fingerprint density at radius 2 is 2.06 bits per heavy atom. The number of carbonyl (C=O) groups is 2. The third-order valence-electron chi connectivity index (χ3n) is 5.22. The molecule has 0 unspecified atom stereocenters. The van der Waals surface area contributed by atoms with E-state index in [1.54, 1.807) is 29.4 Å². The van der Waals surface area contributed by atoms with E-state index in [0.717, 1.165) is 32.8 Å². The minimum absolute atomic E-state index is 0.220. The minimum Gasteiger partial charge on any atom is -0.292 e. The third-order valence-corrected chi connectivity index (χ3v) is 6.53. The maximum atomic E-state index is 13.3. The summed E-state index contributed by atoms with van der Waals surface area (Å²) in [5.41, 5.74) is 4.17. The normalized spacial score (nSPS) is 13.2. The number of rotatable bonds is 3. The fourth-order valence-electron chi connectivity index (χ4n) is 3.69. The highest BCUT2D eigenvalue weighted by Gasteiger charge is 2.31. The molecule has 0 atom stereocenters. The Labute approximate surface area is 198 Å². The number of fused-ring (bicyclic) bond motifs is 1. The third kappa shape index (κ3) is 3.98. The van der Waals surface area contributed by atoms with E-state index < -0.39 is 6.03 Å². The molecule has 5 heterocycles. The maximum Gasteiger partial charge on any atom is 0.348 e. The molecular formula is C22H18ClN7O2S. The van der Waals surface area contributed by atoms with E-state index >= 15 is 0 Å². The van der Waals surface area contributed by atoms with Crippen LogP contribution in [0.3, 0.4) is 0 Å². The zero-order valence-electron chi connectivity index (χ0n) is 17.7. The summed E-state index contributed by atoms with van der Waals surface area (Å²) in [6, 6.07) is 5.03. The Balaban J connectivity index is 1.43. The molecule has 166 valence electrons. The molecule has 2 amide bonds. The van der Waals surface area contributed by atoms with E-state index in [0.29, 0.717) is 45.1 Å². The second kappa shape index (κ2) is 8.38. The van der Waals surface area contributed by atoms with Gasteiger partial charge in [0.15, 0.2) is 5.13 Å². The van der Waals surface area contributed by atoms with Crippen LogP contribution in [0.4, 0.5) is 15.7 Å². The molecule has 1 aliphatic rings. The van der Waals surface area contributed by atoms with Gasteiger partial charge >= 0.3 is 6.03 Å². The first-order valence-corrected chi connectivity index (χ1v) is 11.3. The van der Waals surface area contributed by atoms with Crippen molar-refractivity contribution < 1.29 is 9.59 Å². The molecule has 5 rings (SSSR count). The van der Waals surface area contributed by atoms with Crippen LogP contribution < -0.4 is 10.2 Å². The van der Waals surface area contributed by atoms with Crippen molar-refractivity contribution in [2.75, 3.05) is 16.8 Å². The molecule has 0 saturated heterocycles. The van der Waals surface area contributed by atoms with Crippen molar-refractivity contribution in [1.29, 1.82) is 0 Å². The van der Waals surface area contributed by atoms with Crippen LogP contribution in [0.25, 0.3) is 11.3 Å². The van der Waals surface area contributed by atoms with Gasteiger partial charge in [0.05, 0.1) is 16.4 Å². The first-order chi connectivity index (χ1) is 15.9. The molecule has 0 aliphatic carbocycles. The smallest absolute Gasteiger partial charge is 0.292 e. The lowest BCUT2D eigenvalue weighted by atomic mass is 10.1. The number of anilines is 2. The average Bonchev–Trinajstić information content (AvgIpc) is 3.45. The van der Waals surface area contributed by atoms with Gasteiger partial charge in [0.1, 0.15) is 10.7 Å². The van der Waals surface area contributed by atoms with E-state index in [1.807, 2.05) is 19.9 Å². The Hall–Kier alpha value is -3.63. The summed E-state index contributed by atoms with van der Waals surface area (Å²) in [6.07, 6.45) is 6.90. The maximum absolute atomic E-state index is 13.3. The van der Waals surface area contributed by atoms with Crippen LogP contribution in [-0.2, 0) is 6.42 Å². The van der Waals surface area contributed by atoms with E-state index in [4.69, 9.17) is 11.6 Å². The summed E-state index contributed by atoms with van der Waals surface area (Å²) in [6.45, 7) is 4.37. The number of hydrogen-bond acceptors (Lipinski definition) is 7. The molecule has 9 nitrogen and oxygen atoms in total. The number of amides is 2. The molecule has 0 radical (unpaired) electrons. The van der Waals surface area contributed by atoms with Crippen molar-refractivity contribution >= 4 is 45.8 Å². The Bertz CT molecular complexity index is 1380. The van der Waals surface area contributed by atoms with Gasteiger partial charge in [-0.25, -0.2) is 14.8 Å². The van der Waals surface area contributed by atoms with Crippen LogP contribution in [0, 0.1) is 13.8 Å². The number of halogens is 1. The second-order valence-electron chi connectivity index (χ2n) is 7.58. The molecule has 1 aliphatic heterocycles. The summed E-state index contributed by atoms with van der Waals surface area (Å²) in [7, 11) is 0. The van der Waals surface area contributed by atoms with E-state index in [2.05, 4.69) is 25.4 Å². The van der Waals surface area contributed by atoms with Gasteiger partial charge in [0.2, 0.25) is 0 Å². The number of carbonyl (C=O) groups excluding carboxylic acids is 2. The molecule has 0 bridgehead atoms. The fraction of sp³-hybridized carbons (Fsp3) is 0.182. The molecule has 0 aromatic carbocycles. The van der Waals surface area contributed by atoms with E-state index in [-0.39, 0.29) is 5.91 Å². The fourth-order valence-corrected chi connectivity index (χ4v) is 4.84. The summed E-state index contributed by atoms with van der Waals surface area (Å²) < 4.78 is 1.16. The molecule has 4 aromatic heterocycles. The lowest BCUT2D eigenvalue weighted by Gasteiger charge is -2.25.